The van der Waals surface area contributed by atoms with Gasteiger partial charge in [0.25, 0.3) is 0 Å². The summed E-state index contributed by atoms with van der Waals surface area (Å²) in [6.07, 6.45) is 6.10. The van der Waals surface area contributed by atoms with E-state index >= 15 is 0 Å². The maximum Gasteiger partial charge on any atom is 0.310 e. The molecule has 1 heterocycles. The summed E-state index contributed by atoms with van der Waals surface area (Å²) in [4.78, 5) is 41.4. The summed E-state index contributed by atoms with van der Waals surface area (Å²) in [5.41, 5.74) is -0.464. The number of aliphatic hydroxyl groups excluding tert-OH is 1. The zero-order chi connectivity index (χ0) is 22.6. The van der Waals surface area contributed by atoms with Gasteiger partial charge >= 0.3 is 5.97 Å². The second kappa shape index (κ2) is 9.94. The molecule has 0 aromatic rings. The van der Waals surface area contributed by atoms with Crippen LogP contribution in [0.4, 0.5) is 0 Å². The van der Waals surface area contributed by atoms with Crippen LogP contribution in [0, 0.1) is 23.7 Å². The standard InChI is InChI=1S/C23H38N2O5/c1-7-10-14-11-12-16-18(17(14)22(29)30-9-3)21(28)25(15(8-2)13-26)19(16)20(27)24-23(4,5)6/h11-12,14-19,26H,7-10,13H2,1-6H3,(H,24,27)/t14-,15+,16+,17-,18-,19+/m1/s1. The SMILES string of the molecule is CCC[C@@H]1C=C[C@H]2[C@@H](C(=O)N([C@@H](CC)CO)[C@@H]2C(=O)NC(C)(C)C)[C@@H]1C(=O)OCC. The van der Waals surface area contributed by atoms with Crippen LogP contribution in [-0.4, -0.2) is 58.6 Å². The van der Waals surface area contributed by atoms with Gasteiger partial charge in [0, 0.05) is 11.5 Å². The smallest absolute Gasteiger partial charge is 0.310 e. The zero-order valence-electron chi connectivity index (χ0n) is 19.2. The first-order chi connectivity index (χ1) is 14.1. The fraction of sp³-hybridized carbons (Fsp3) is 0.783. The van der Waals surface area contributed by atoms with Gasteiger partial charge in [-0.25, -0.2) is 0 Å². The molecular formula is C23H38N2O5. The summed E-state index contributed by atoms with van der Waals surface area (Å²) in [7, 11) is 0. The number of nitrogens with zero attached hydrogens (tertiary/aromatic N) is 1. The topological polar surface area (TPSA) is 95.9 Å². The highest BCUT2D eigenvalue weighted by Crippen LogP contribution is 2.46. The molecule has 2 rings (SSSR count). The molecule has 7 nitrogen and oxygen atoms in total. The fourth-order valence-electron chi connectivity index (χ4n) is 4.87. The monoisotopic (exact) mass is 422 g/mol. The quantitative estimate of drug-likeness (QED) is 0.462. The van der Waals surface area contributed by atoms with Gasteiger partial charge in [0.2, 0.25) is 11.8 Å². The number of carbonyl (C=O) groups excluding carboxylic acids is 3. The lowest BCUT2D eigenvalue weighted by Crippen LogP contribution is -2.55. The van der Waals surface area contributed by atoms with Crippen LogP contribution in [0.2, 0.25) is 0 Å². The highest BCUT2D eigenvalue weighted by atomic mass is 16.5. The highest BCUT2D eigenvalue weighted by molar-refractivity contribution is 5.96. The van der Waals surface area contributed by atoms with Gasteiger partial charge in [0.05, 0.1) is 31.1 Å². The number of likely N-dealkylation sites (tertiary alicyclic amines) is 1. The number of aliphatic hydroxyl groups is 1. The van der Waals surface area contributed by atoms with E-state index in [1.54, 1.807) is 6.92 Å². The van der Waals surface area contributed by atoms with Crippen molar-refractivity contribution in [1.29, 1.82) is 0 Å². The van der Waals surface area contributed by atoms with Crippen molar-refractivity contribution >= 4 is 17.8 Å². The van der Waals surface area contributed by atoms with Crippen molar-refractivity contribution in [2.24, 2.45) is 23.7 Å². The van der Waals surface area contributed by atoms with E-state index in [-0.39, 0.29) is 36.9 Å². The first-order valence-electron chi connectivity index (χ1n) is 11.2. The minimum absolute atomic E-state index is 0.0975. The van der Waals surface area contributed by atoms with E-state index in [1.165, 1.54) is 4.90 Å². The number of nitrogens with one attached hydrogen (secondary N) is 1. The Kier molecular flexibility index (Phi) is 8.08. The normalized spacial score (nSPS) is 29.5. The number of amides is 2. The number of esters is 1. The van der Waals surface area contributed by atoms with Gasteiger partial charge in [0.15, 0.2) is 0 Å². The summed E-state index contributed by atoms with van der Waals surface area (Å²) in [5, 5.41) is 12.9. The molecule has 0 bridgehead atoms. The second-order valence-electron chi connectivity index (χ2n) is 9.39. The van der Waals surface area contributed by atoms with E-state index in [4.69, 9.17) is 4.74 Å². The van der Waals surface area contributed by atoms with Crippen molar-refractivity contribution in [1.82, 2.24) is 10.2 Å². The number of rotatable bonds is 8. The van der Waals surface area contributed by atoms with Crippen LogP contribution in [-0.2, 0) is 19.1 Å². The Morgan fingerprint density at radius 3 is 2.40 bits per heavy atom. The molecule has 0 aromatic carbocycles. The van der Waals surface area contributed by atoms with Crippen LogP contribution < -0.4 is 5.32 Å². The minimum atomic E-state index is -0.755. The summed E-state index contributed by atoms with van der Waals surface area (Å²) in [6, 6.07) is -1.23. The average molecular weight is 423 g/mol. The van der Waals surface area contributed by atoms with Gasteiger partial charge in [-0.3, -0.25) is 14.4 Å². The van der Waals surface area contributed by atoms with Gasteiger partial charge in [-0.2, -0.15) is 0 Å². The minimum Gasteiger partial charge on any atom is -0.466 e. The van der Waals surface area contributed by atoms with Gasteiger partial charge in [-0.05, 0) is 46.5 Å². The van der Waals surface area contributed by atoms with Crippen LogP contribution in [0.25, 0.3) is 0 Å². The van der Waals surface area contributed by atoms with Crippen LogP contribution in [0.15, 0.2) is 12.2 Å². The van der Waals surface area contributed by atoms with Crippen molar-refractivity contribution in [2.45, 2.75) is 78.4 Å². The number of fused-ring (bicyclic) bond motifs is 1. The lowest BCUT2D eigenvalue weighted by molar-refractivity contribution is -0.156. The number of allylic oxidation sites excluding steroid dienone is 1. The molecule has 30 heavy (non-hydrogen) atoms. The fourth-order valence-corrected chi connectivity index (χ4v) is 4.87. The van der Waals surface area contributed by atoms with E-state index in [1.807, 2.05) is 46.8 Å². The molecule has 1 saturated heterocycles. The molecule has 0 spiro atoms. The Morgan fingerprint density at radius 1 is 1.23 bits per heavy atom. The van der Waals surface area contributed by atoms with Crippen LogP contribution in [0.5, 0.6) is 0 Å². The van der Waals surface area contributed by atoms with Crippen LogP contribution in [0.1, 0.15) is 60.8 Å². The van der Waals surface area contributed by atoms with E-state index < -0.39 is 35.4 Å². The number of hydrogen-bond acceptors (Lipinski definition) is 5. The number of carbonyl (C=O) groups is 3. The Morgan fingerprint density at radius 2 is 1.90 bits per heavy atom. The average Bonchev–Trinajstić information content (AvgIpc) is 2.95. The van der Waals surface area contributed by atoms with Crippen molar-refractivity contribution in [3.05, 3.63) is 12.2 Å². The Labute approximate surface area is 180 Å². The predicted molar refractivity (Wildman–Crippen MR) is 114 cm³/mol. The van der Waals surface area contributed by atoms with E-state index in [9.17, 15) is 19.5 Å². The molecule has 1 aliphatic heterocycles. The van der Waals surface area contributed by atoms with Crippen molar-refractivity contribution in [3.63, 3.8) is 0 Å². The van der Waals surface area contributed by atoms with Gasteiger partial charge < -0.3 is 20.1 Å². The lowest BCUT2D eigenvalue weighted by Gasteiger charge is -2.35. The molecule has 0 unspecified atom stereocenters. The highest BCUT2D eigenvalue weighted by Gasteiger charge is 2.58. The Bertz CT molecular complexity index is 665. The van der Waals surface area contributed by atoms with Gasteiger partial charge in [-0.1, -0.05) is 32.4 Å². The van der Waals surface area contributed by atoms with Gasteiger partial charge in [0.1, 0.15) is 6.04 Å². The molecule has 0 saturated carbocycles. The number of hydrogen-bond donors (Lipinski definition) is 2. The molecule has 0 aromatic heterocycles. The largest absolute Gasteiger partial charge is 0.466 e. The summed E-state index contributed by atoms with van der Waals surface area (Å²) >= 11 is 0. The zero-order valence-corrected chi connectivity index (χ0v) is 19.2. The van der Waals surface area contributed by atoms with E-state index in [2.05, 4.69) is 5.32 Å². The number of ether oxygens (including phenoxy) is 1. The molecule has 170 valence electrons. The molecule has 6 atom stereocenters. The summed E-state index contributed by atoms with van der Waals surface area (Å²) in [6.45, 7) is 11.4. The first-order valence-corrected chi connectivity index (χ1v) is 11.2. The van der Waals surface area contributed by atoms with E-state index in [0.29, 0.717) is 6.42 Å². The predicted octanol–water partition coefficient (Wildman–Crippen LogP) is 2.28. The van der Waals surface area contributed by atoms with E-state index in [0.717, 1.165) is 12.8 Å². The maximum absolute atomic E-state index is 13.6. The summed E-state index contributed by atoms with van der Waals surface area (Å²) < 4.78 is 5.35. The lowest BCUT2D eigenvalue weighted by atomic mass is 9.68. The second-order valence-corrected chi connectivity index (χ2v) is 9.39. The van der Waals surface area contributed by atoms with Crippen molar-refractivity contribution in [2.75, 3.05) is 13.2 Å². The summed E-state index contributed by atoms with van der Waals surface area (Å²) in [5.74, 6) is -2.66. The Balaban J connectivity index is 2.53. The third kappa shape index (κ3) is 4.88. The molecule has 0 radical (unpaired) electrons. The van der Waals surface area contributed by atoms with Gasteiger partial charge in [-0.15, -0.1) is 0 Å². The molecule has 7 heteroatoms. The third-order valence-electron chi connectivity index (χ3n) is 6.07. The molecule has 2 amide bonds. The van der Waals surface area contributed by atoms with Crippen LogP contribution in [0.3, 0.4) is 0 Å². The molecule has 1 aliphatic carbocycles. The third-order valence-corrected chi connectivity index (χ3v) is 6.07. The van der Waals surface area contributed by atoms with Crippen molar-refractivity contribution < 1.29 is 24.2 Å². The molecule has 1 fully saturated rings. The molecular weight excluding hydrogens is 384 g/mol. The molecule has 2 N–H and O–H groups in total. The first kappa shape index (κ1) is 24.4. The molecule has 2 aliphatic rings. The Hall–Kier alpha value is -1.89. The van der Waals surface area contributed by atoms with Crippen molar-refractivity contribution in [3.8, 4) is 0 Å². The maximum atomic E-state index is 13.6. The van der Waals surface area contributed by atoms with Crippen LogP contribution >= 0.6 is 0 Å².